The SMILES string of the molecule is O=C(O)CCCCCc1cc(C(Cc2ccccc2)(NC(=O)NCC(F)(F)F)c2cc(F)cc(OC(F)(F)C(F)F)c2)ccc1F. The number of unbranched alkanes of at least 4 members (excludes halogenated alkanes) is 2. The summed E-state index contributed by atoms with van der Waals surface area (Å²) in [5.74, 6) is -4.11. The van der Waals surface area contributed by atoms with Crippen LogP contribution in [0.3, 0.4) is 0 Å². The van der Waals surface area contributed by atoms with E-state index in [-0.39, 0.29) is 30.4 Å². The van der Waals surface area contributed by atoms with E-state index in [0.717, 1.165) is 24.3 Å². The summed E-state index contributed by atoms with van der Waals surface area (Å²) in [6.45, 7) is -1.79. The largest absolute Gasteiger partial charge is 0.481 e. The Labute approximate surface area is 257 Å². The first-order valence-electron chi connectivity index (χ1n) is 13.8. The van der Waals surface area contributed by atoms with E-state index in [1.165, 1.54) is 6.07 Å². The van der Waals surface area contributed by atoms with E-state index in [4.69, 9.17) is 5.11 Å². The van der Waals surface area contributed by atoms with Crippen molar-refractivity contribution in [1.29, 1.82) is 0 Å². The molecule has 0 radical (unpaired) electrons. The van der Waals surface area contributed by atoms with Crippen molar-refractivity contribution in [2.75, 3.05) is 6.54 Å². The number of carboxylic acid groups (broad SMARTS) is 1. The van der Waals surface area contributed by atoms with Crippen molar-refractivity contribution in [3.05, 3.63) is 101 Å². The van der Waals surface area contributed by atoms with Crippen molar-refractivity contribution < 1.29 is 58.9 Å². The van der Waals surface area contributed by atoms with Crippen LogP contribution in [0.15, 0.2) is 66.7 Å². The van der Waals surface area contributed by atoms with Crippen molar-refractivity contribution >= 4 is 12.0 Å². The molecule has 0 aliphatic rings. The van der Waals surface area contributed by atoms with Crippen LogP contribution in [0, 0.1) is 11.6 Å². The van der Waals surface area contributed by atoms with E-state index < -0.39 is 65.7 Å². The summed E-state index contributed by atoms with van der Waals surface area (Å²) < 4.78 is 126. The summed E-state index contributed by atoms with van der Waals surface area (Å²) in [7, 11) is 0. The van der Waals surface area contributed by atoms with Gasteiger partial charge >= 0.3 is 30.7 Å². The number of rotatable bonds is 15. The topological polar surface area (TPSA) is 87.7 Å². The van der Waals surface area contributed by atoms with Gasteiger partial charge in [-0.05, 0) is 59.7 Å². The van der Waals surface area contributed by atoms with Gasteiger partial charge in [0.2, 0.25) is 0 Å². The Bertz CT molecular complexity index is 1490. The molecule has 2 amide bonds. The first-order chi connectivity index (χ1) is 21.5. The van der Waals surface area contributed by atoms with Gasteiger partial charge in [0.15, 0.2) is 0 Å². The number of carboxylic acids is 1. The number of hydrogen-bond acceptors (Lipinski definition) is 3. The van der Waals surface area contributed by atoms with Gasteiger partial charge in [-0.2, -0.15) is 30.7 Å². The Morgan fingerprint density at radius 3 is 2.17 bits per heavy atom. The van der Waals surface area contributed by atoms with Crippen LogP contribution in [-0.4, -0.2) is 42.4 Å². The molecule has 0 aliphatic heterocycles. The predicted molar refractivity (Wildman–Crippen MR) is 148 cm³/mol. The first kappa shape index (κ1) is 36.0. The zero-order valence-electron chi connectivity index (χ0n) is 24.0. The van der Waals surface area contributed by atoms with Gasteiger partial charge in [0, 0.05) is 18.9 Å². The second kappa shape index (κ2) is 15.2. The molecule has 0 heterocycles. The number of hydrogen-bond donors (Lipinski definition) is 3. The van der Waals surface area contributed by atoms with Gasteiger partial charge < -0.3 is 20.5 Å². The fraction of sp³-hybridized carbons (Fsp3) is 0.355. The van der Waals surface area contributed by atoms with Crippen LogP contribution in [0.4, 0.5) is 44.3 Å². The van der Waals surface area contributed by atoms with Gasteiger partial charge in [-0.3, -0.25) is 4.79 Å². The summed E-state index contributed by atoms with van der Waals surface area (Å²) >= 11 is 0. The van der Waals surface area contributed by atoms with E-state index in [1.807, 2.05) is 0 Å². The Morgan fingerprint density at radius 1 is 0.848 bits per heavy atom. The number of halogens is 9. The fourth-order valence-electron chi connectivity index (χ4n) is 4.75. The van der Waals surface area contributed by atoms with Crippen LogP contribution in [0.5, 0.6) is 5.75 Å². The second-order valence-corrected chi connectivity index (χ2v) is 10.4. The number of nitrogens with one attached hydrogen (secondary N) is 2. The molecule has 1 unspecified atom stereocenters. The number of ether oxygens (including phenoxy) is 1. The summed E-state index contributed by atoms with van der Waals surface area (Å²) in [6.07, 6.45) is -13.6. The molecule has 6 nitrogen and oxygen atoms in total. The van der Waals surface area contributed by atoms with Crippen molar-refractivity contribution in [2.45, 2.75) is 62.8 Å². The number of benzene rings is 3. The van der Waals surface area contributed by atoms with Crippen molar-refractivity contribution in [2.24, 2.45) is 0 Å². The third-order valence-corrected chi connectivity index (χ3v) is 6.84. The molecule has 0 saturated heterocycles. The normalized spacial score (nSPS) is 13.3. The maximum atomic E-state index is 15.0. The van der Waals surface area contributed by atoms with Gasteiger partial charge in [0.25, 0.3) is 0 Å². The van der Waals surface area contributed by atoms with E-state index in [1.54, 1.807) is 35.6 Å². The summed E-state index contributed by atoms with van der Waals surface area (Å²) in [6, 6.07) is 11.6. The van der Waals surface area contributed by atoms with Crippen LogP contribution in [0.2, 0.25) is 0 Å². The third kappa shape index (κ3) is 10.3. The minimum atomic E-state index is -5.06. The summed E-state index contributed by atoms with van der Waals surface area (Å²) in [5.41, 5.74) is -2.12. The first-order valence-corrected chi connectivity index (χ1v) is 13.8. The molecule has 0 bridgehead atoms. The van der Waals surface area contributed by atoms with Crippen LogP contribution in [-0.2, 0) is 23.2 Å². The average Bonchev–Trinajstić information content (AvgIpc) is 2.96. The van der Waals surface area contributed by atoms with Gasteiger partial charge in [-0.15, -0.1) is 0 Å². The van der Waals surface area contributed by atoms with Crippen molar-refractivity contribution in [1.82, 2.24) is 10.6 Å². The fourth-order valence-corrected chi connectivity index (χ4v) is 4.75. The Kier molecular flexibility index (Phi) is 11.9. The number of alkyl halides is 7. The van der Waals surface area contributed by atoms with Crippen molar-refractivity contribution in [3.8, 4) is 5.75 Å². The van der Waals surface area contributed by atoms with Crippen molar-refractivity contribution in [3.63, 3.8) is 0 Å². The predicted octanol–water partition coefficient (Wildman–Crippen LogP) is 7.74. The van der Waals surface area contributed by atoms with E-state index in [9.17, 15) is 49.1 Å². The zero-order valence-corrected chi connectivity index (χ0v) is 24.0. The third-order valence-electron chi connectivity index (χ3n) is 6.84. The maximum Gasteiger partial charge on any atom is 0.461 e. The molecular weight excluding hydrogens is 635 g/mol. The maximum absolute atomic E-state index is 15.0. The molecule has 3 N–H and O–H groups in total. The standard InChI is InChI=1S/C31H29F9N2O4/c32-23-14-22(15-24(16-23)46-31(39,40)27(34)35)29(17-19-7-3-1-4-8-19,42-28(45)41-18-30(36,37)38)21-11-12-25(33)20(13-21)9-5-2-6-10-26(43)44/h1,3-4,7-8,11-16,27H,2,5-6,9-10,17-18H2,(H,43,44)(H2,41,42,45). The van der Waals surface area contributed by atoms with Crippen LogP contribution >= 0.6 is 0 Å². The number of carbonyl (C=O) groups is 2. The van der Waals surface area contributed by atoms with Gasteiger partial charge in [-0.25, -0.2) is 13.6 Å². The molecule has 3 aromatic rings. The summed E-state index contributed by atoms with van der Waals surface area (Å²) in [5, 5.41) is 12.8. The molecule has 0 spiro atoms. The van der Waals surface area contributed by atoms with E-state index in [0.29, 0.717) is 30.9 Å². The quantitative estimate of drug-likeness (QED) is 0.115. The smallest absolute Gasteiger partial charge is 0.461 e. The molecule has 0 fully saturated rings. The lowest BCUT2D eigenvalue weighted by Crippen LogP contribution is -2.53. The second-order valence-electron chi connectivity index (χ2n) is 10.4. The summed E-state index contributed by atoms with van der Waals surface area (Å²) in [4.78, 5) is 23.8. The van der Waals surface area contributed by atoms with E-state index >= 15 is 0 Å². The molecule has 0 aromatic heterocycles. The highest BCUT2D eigenvalue weighted by atomic mass is 19.4. The highest BCUT2D eigenvalue weighted by Gasteiger charge is 2.45. The van der Waals surface area contributed by atoms with Gasteiger partial charge in [-0.1, -0.05) is 48.9 Å². The lowest BCUT2D eigenvalue weighted by atomic mass is 9.77. The molecule has 1 atom stereocenters. The van der Waals surface area contributed by atoms with Crippen LogP contribution in [0.25, 0.3) is 0 Å². The highest BCUT2D eigenvalue weighted by Crippen LogP contribution is 2.38. The number of aryl methyl sites for hydroxylation is 1. The lowest BCUT2D eigenvalue weighted by molar-refractivity contribution is -0.253. The van der Waals surface area contributed by atoms with Crippen LogP contribution < -0.4 is 15.4 Å². The average molecular weight is 665 g/mol. The monoisotopic (exact) mass is 664 g/mol. The van der Waals surface area contributed by atoms with E-state index in [2.05, 4.69) is 10.1 Å². The molecule has 3 rings (SSSR count). The number of aliphatic carboxylic acids is 1. The molecular formula is C31H29F9N2O4. The Balaban J connectivity index is 2.21. The molecule has 0 saturated carbocycles. The molecule has 0 aliphatic carbocycles. The number of amides is 2. The lowest BCUT2D eigenvalue weighted by Gasteiger charge is -2.37. The Hall–Kier alpha value is -4.43. The number of urea groups is 1. The van der Waals surface area contributed by atoms with Gasteiger partial charge in [0.05, 0.1) is 5.54 Å². The minimum Gasteiger partial charge on any atom is -0.481 e. The zero-order chi connectivity index (χ0) is 34.1. The molecule has 250 valence electrons. The molecule has 3 aromatic carbocycles. The van der Waals surface area contributed by atoms with Gasteiger partial charge in [0.1, 0.15) is 23.9 Å². The molecule has 15 heteroatoms. The number of carbonyl (C=O) groups excluding carboxylic acids is 1. The van der Waals surface area contributed by atoms with Crippen LogP contribution in [0.1, 0.15) is 47.9 Å². The Morgan fingerprint density at radius 2 is 1.54 bits per heavy atom. The highest BCUT2D eigenvalue weighted by molar-refractivity contribution is 5.76. The molecule has 46 heavy (non-hydrogen) atoms. The minimum absolute atomic E-state index is 0.0300.